The molecule has 3 N–H and O–H groups in total. The number of aromatic nitrogens is 3. The number of carbonyl (C=O) groups is 1. The van der Waals surface area contributed by atoms with Crippen molar-refractivity contribution in [3.05, 3.63) is 106 Å². The summed E-state index contributed by atoms with van der Waals surface area (Å²) in [7, 11) is -4.64. The van der Waals surface area contributed by atoms with Crippen LogP contribution >= 0.6 is 0 Å². The Kier molecular flexibility index (Phi) is 11.9. The molecular weight excluding hydrogens is 829 g/mol. The third-order valence-electron chi connectivity index (χ3n) is 14.6. The normalized spacial score (nSPS) is 20.4. The van der Waals surface area contributed by atoms with Crippen molar-refractivity contribution in [2.75, 3.05) is 36.4 Å². The number of piperidine rings is 1. The number of anilines is 2. The molecule has 2 aliphatic carbocycles. The number of sulfonamides is 1. The van der Waals surface area contributed by atoms with Gasteiger partial charge in [-0.2, -0.15) is 8.42 Å². The lowest BCUT2D eigenvalue weighted by Gasteiger charge is -2.56. The van der Waals surface area contributed by atoms with Gasteiger partial charge in [-0.05, 0) is 145 Å². The molecular formula is C49H60N8O6S. The van der Waals surface area contributed by atoms with E-state index in [-0.39, 0.29) is 22.4 Å². The van der Waals surface area contributed by atoms with Crippen molar-refractivity contribution in [2.45, 2.75) is 115 Å². The lowest BCUT2D eigenvalue weighted by Crippen LogP contribution is -2.54. The number of hydrogen-bond acceptors (Lipinski definition) is 11. The molecule has 0 radical (unpaired) electrons. The van der Waals surface area contributed by atoms with E-state index in [1.807, 2.05) is 12.1 Å². The lowest BCUT2D eigenvalue weighted by molar-refractivity contribution is -0.389. The number of pyridine rings is 2. The molecule has 64 heavy (non-hydrogen) atoms. The Labute approximate surface area is 375 Å². The average Bonchev–Trinajstić information content (AvgIpc) is 3.95. The van der Waals surface area contributed by atoms with Crippen LogP contribution in [0, 0.1) is 26.9 Å². The van der Waals surface area contributed by atoms with Gasteiger partial charge in [-0.15, -0.1) is 0 Å². The van der Waals surface area contributed by atoms with Crippen molar-refractivity contribution in [1.29, 1.82) is 0 Å². The van der Waals surface area contributed by atoms with Crippen LogP contribution in [0.2, 0.25) is 0 Å². The zero-order valence-corrected chi connectivity index (χ0v) is 38.1. The highest BCUT2D eigenvalue weighted by Gasteiger charge is 2.50. The Morgan fingerprint density at radius 3 is 2.50 bits per heavy atom. The van der Waals surface area contributed by atoms with Gasteiger partial charge in [0.1, 0.15) is 22.8 Å². The van der Waals surface area contributed by atoms with Gasteiger partial charge in [-0.25, -0.2) is 9.71 Å². The third kappa shape index (κ3) is 9.06. The van der Waals surface area contributed by atoms with Crippen LogP contribution in [0.1, 0.15) is 125 Å². The molecule has 2 aromatic carbocycles. The van der Waals surface area contributed by atoms with Crippen molar-refractivity contribution >= 4 is 44.2 Å². The fourth-order valence-corrected chi connectivity index (χ4v) is 11.7. The van der Waals surface area contributed by atoms with E-state index >= 15 is 0 Å². The van der Waals surface area contributed by atoms with E-state index in [1.165, 1.54) is 48.9 Å². The Balaban J connectivity index is 0.895. The molecule has 0 bridgehead atoms. The largest absolute Gasteiger partial charge is 0.455 e. The number of nitrogens with one attached hydrogen (secondary N) is 3. The molecule has 338 valence electrons. The van der Waals surface area contributed by atoms with E-state index in [0.29, 0.717) is 47.3 Å². The van der Waals surface area contributed by atoms with Crippen LogP contribution in [0.3, 0.4) is 0 Å². The number of benzene rings is 2. The van der Waals surface area contributed by atoms with Crippen LogP contribution < -0.4 is 19.7 Å². The molecule has 2 saturated heterocycles. The molecule has 2 aliphatic heterocycles. The number of nitro groups is 1. The van der Waals surface area contributed by atoms with E-state index in [9.17, 15) is 23.3 Å². The number of hydrogen-bond donors (Lipinski definition) is 3. The highest BCUT2D eigenvalue weighted by Crippen LogP contribution is 2.54. The molecule has 5 heterocycles. The SMILES string of the molecule is CC(C)c1ccccc1[C@@H]1CCCN1C1CC2(CCN(c3ccc(C(=O)NS(=O)(=O)c4ccc(NCC5CCC(C)(C)CC5)c([N+](=O)[O-])n4)c(Oc4cnc5[nH]ccc5c4)c3)CC2)C1. The minimum Gasteiger partial charge on any atom is -0.455 e. The molecule has 14 nitrogen and oxygen atoms in total. The summed E-state index contributed by atoms with van der Waals surface area (Å²) in [5.41, 5.74) is 5.19. The molecule has 4 aliphatic rings. The fraction of sp³-hybridized carbons (Fsp3) is 0.490. The number of rotatable bonds is 13. The molecule has 4 fully saturated rings. The summed E-state index contributed by atoms with van der Waals surface area (Å²) in [6.07, 6.45) is 14.4. The molecule has 3 aromatic heterocycles. The first-order valence-electron chi connectivity index (χ1n) is 23.0. The van der Waals surface area contributed by atoms with Gasteiger partial charge in [-0.1, -0.05) is 52.0 Å². The summed E-state index contributed by atoms with van der Waals surface area (Å²) in [5.74, 6) is -0.229. The molecule has 5 aromatic rings. The van der Waals surface area contributed by atoms with Crippen LogP contribution in [0.5, 0.6) is 11.5 Å². The van der Waals surface area contributed by atoms with Crippen molar-refractivity contribution in [3.63, 3.8) is 0 Å². The summed E-state index contributed by atoms with van der Waals surface area (Å²) in [6, 6.07) is 21.4. The fourth-order valence-electron chi connectivity index (χ4n) is 10.8. The first-order chi connectivity index (χ1) is 30.7. The number of carbonyl (C=O) groups excluding carboxylic acids is 1. The lowest BCUT2D eigenvalue weighted by atomic mass is 9.59. The maximum absolute atomic E-state index is 14.0. The van der Waals surface area contributed by atoms with Crippen LogP contribution in [-0.4, -0.2) is 71.3 Å². The van der Waals surface area contributed by atoms with Gasteiger partial charge in [0.25, 0.3) is 10.9 Å². The number of aromatic amines is 1. The Morgan fingerprint density at radius 2 is 1.75 bits per heavy atom. The minimum absolute atomic E-state index is 0.0283. The van der Waals surface area contributed by atoms with E-state index in [2.05, 4.69) is 86.8 Å². The molecule has 1 spiro atoms. The maximum atomic E-state index is 14.0. The molecule has 15 heteroatoms. The predicted octanol–water partition coefficient (Wildman–Crippen LogP) is 10.1. The first-order valence-corrected chi connectivity index (χ1v) is 24.5. The van der Waals surface area contributed by atoms with Crippen molar-refractivity contribution in [2.24, 2.45) is 16.7 Å². The molecule has 2 saturated carbocycles. The van der Waals surface area contributed by atoms with Crippen LogP contribution in [0.15, 0.2) is 84.1 Å². The van der Waals surface area contributed by atoms with Gasteiger partial charge in [0.15, 0.2) is 0 Å². The summed E-state index contributed by atoms with van der Waals surface area (Å²) < 4.78 is 35.9. The zero-order chi connectivity index (χ0) is 44.8. The topological polar surface area (TPSA) is 176 Å². The Morgan fingerprint density at radius 1 is 0.984 bits per heavy atom. The second kappa shape index (κ2) is 17.4. The van der Waals surface area contributed by atoms with Crippen molar-refractivity contribution in [1.82, 2.24) is 24.6 Å². The Bertz CT molecular complexity index is 2640. The van der Waals surface area contributed by atoms with Crippen molar-refractivity contribution in [3.8, 4) is 11.5 Å². The smallest absolute Gasteiger partial charge is 0.388 e. The number of likely N-dealkylation sites (tertiary alicyclic amines) is 1. The maximum Gasteiger partial charge on any atom is 0.388 e. The van der Waals surface area contributed by atoms with Crippen LogP contribution in [0.25, 0.3) is 11.0 Å². The zero-order valence-electron chi connectivity index (χ0n) is 37.3. The summed E-state index contributed by atoms with van der Waals surface area (Å²) in [6.45, 7) is 12.4. The number of fused-ring (bicyclic) bond motifs is 1. The molecule has 9 rings (SSSR count). The van der Waals surface area contributed by atoms with E-state index in [4.69, 9.17) is 4.74 Å². The molecule has 1 amide bonds. The molecule has 1 atom stereocenters. The van der Waals surface area contributed by atoms with Gasteiger partial charge in [0.2, 0.25) is 0 Å². The summed E-state index contributed by atoms with van der Waals surface area (Å²) in [4.78, 5) is 41.9. The van der Waals surface area contributed by atoms with Gasteiger partial charge < -0.3 is 30.1 Å². The predicted molar refractivity (Wildman–Crippen MR) is 248 cm³/mol. The standard InChI is InChI=1S/C49H60N8O6S/c1-32(2)38-8-5-6-9-39(38)42-10-7-23-56(42)36-28-49(29-36)20-24-55(25-21-49)35-11-12-40(43(27-35)63-37-26-34-17-22-50-45(34)52-31-37)47(58)54-64(61,62)44-14-13-41(46(53-44)57(59)60)51-30-33-15-18-48(3,4)19-16-33/h5-6,8-9,11-14,17,22,26-27,31-33,36,42,51H,7,10,15-16,18-21,23-25,28-30H2,1-4H3,(H,50,52)(H,54,58)/t42-/m0/s1. The van der Waals surface area contributed by atoms with Gasteiger partial charge in [-0.3, -0.25) is 9.69 Å². The molecule has 0 unspecified atom stereocenters. The third-order valence-corrected chi connectivity index (χ3v) is 15.9. The second-order valence-corrected chi connectivity index (χ2v) is 21.4. The number of nitrogens with zero attached hydrogens (tertiary/aromatic N) is 5. The number of ether oxygens (including phenoxy) is 1. The van der Waals surface area contributed by atoms with Crippen LogP contribution in [-0.2, 0) is 10.0 Å². The summed E-state index contributed by atoms with van der Waals surface area (Å²) >= 11 is 0. The van der Waals surface area contributed by atoms with E-state index < -0.39 is 31.7 Å². The Hall–Kier alpha value is -5.54. The minimum atomic E-state index is -4.64. The quantitative estimate of drug-likeness (QED) is 0.0758. The highest BCUT2D eigenvalue weighted by molar-refractivity contribution is 7.90. The van der Waals surface area contributed by atoms with Gasteiger partial charge in [0, 0.05) is 61.1 Å². The van der Waals surface area contributed by atoms with Crippen molar-refractivity contribution < 1.29 is 22.9 Å². The van der Waals surface area contributed by atoms with Gasteiger partial charge >= 0.3 is 15.8 Å². The summed E-state index contributed by atoms with van der Waals surface area (Å²) in [5, 5.41) is 15.4. The number of H-pyrrole nitrogens is 1. The monoisotopic (exact) mass is 888 g/mol. The van der Waals surface area contributed by atoms with E-state index in [1.54, 1.807) is 30.6 Å². The first kappa shape index (κ1) is 43.7. The van der Waals surface area contributed by atoms with Gasteiger partial charge in [0.05, 0.1) is 11.8 Å². The highest BCUT2D eigenvalue weighted by atomic mass is 32.2. The second-order valence-electron chi connectivity index (χ2n) is 19.8. The van der Waals surface area contributed by atoms with Crippen LogP contribution in [0.4, 0.5) is 17.2 Å². The van der Waals surface area contributed by atoms with E-state index in [0.717, 1.165) is 69.2 Å². The average molecular weight is 889 g/mol. The number of amides is 1.